The molecule has 0 radical (unpaired) electrons. The maximum Gasteiger partial charge on any atom is 0.141 e. The predicted octanol–water partition coefficient (Wildman–Crippen LogP) is 2.77. The van der Waals surface area contributed by atoms with Crippen LogP contribution in [0.3, 0.4) is 0 Å². The van der Waals surface area contributed by atoms with E-state index in [9.17, 15) is 4.79 Å². The van der Waals surface area contributed by atoms with Gasteiger partial charge in [0.25, 0.3) is 0 Å². The van der Waals surface area contributed by atoms with Gasteiger partial charge in [0.1, 0.15) is 5.78 Å². The molecule has 0 bridgehead atoms. The maximum absolute atomic E-state index is 11.9. The fourth-order valence-corrected chi connectivity index (χ4v) is 4.67. The molecule has 0 saturated heterocycles. The molecule has 0 aliphatic heterocycles. The molecular weight excluding hydrogens is 188 g/mol. The fourth-order valence-electron chi connectivity index (χ4n) is 2.39. The summed E-state index contributed by atoms with van der Waals surface area (Å²) in [4.78, 5) is 11.9. The van der Waals surface area contributed by atoms with Crippen LogP contribution in [0.5, 0.6) is 0 Å². The fraction of sp³-hybridized carbons (Fsp3) is 0.417. The quantitative estimate of drug-likeness (QED) is 0.643. The third kappa shape index (κ3) is 1.44. The van der Waals surface area contributed by atoms with Crippen molar-refractivity contribution in [1.29, 1.82) is 0 Å². The summed E-state index contributed by atoms with van der Waals surface area (Å²) in [7, 11) is -1.39. The van der Waals surface area contributed by atoms with Crippen LogP contribution < -0.4 is 0 Å². The Labute approximate surface area is 86.2 Å². The number of hydrogen-bond acceptors (Lipinski definition) is 1. The molecule has 1 nitrogen and oxygen atoms in total. The van der Waals surface area contributed by atoms with Gasteiger partial charge in [0.15, 0.2) is 0 Å². The number of carbonyl (C=O) groups is 1. The van der Waals surface area contributed by atoms with Crippen molar-refractivity contribution >= 4 is 13.9 Å². The number of Topliss-reactive ketones (excluding diaryl/α,β-unsaturated/α-hetero) is 1. The van der Waals surface area contributed by atoms with E-state index in [-0.39, 0.29) is 5.54 Å². The number of ketones is 1. The first-order valence-corrected chi connectivity index (χ1v) is 8.68. The molecule has 0 aromatic heterocycles. The minimum Gasteiger partial charge on any atom is -0.299 e. The zero-order valence-electron chi connectivity index (χ0n) is 9.00. The minimum atomic E-state index is -1.39. The Morgan fingerprint density at radius 3 is 2.50 bits per heavy atom. The molecule has 0 amide bonds. The molecular formula is C12H16OSi. The summed E-state index contributed by atoms with van der Waals surface area (Å²) in [6, 6.07) is 8.29. The molecule has 14 heavy (non-hydrogen) atoms. The van der Waals surface area contributed by atoms with Crippen LogP contribution in [0.15, 0.2) is 24.3 Å². The van der Waals surface area contributed by atoms with E-state index >= 15 is 0 Å². The van der Waals surface area contributed by atoms with Crippen LogP contribution in [-0.2, 0) is 11.2 Å². The first kappa shape index (κ1) is 9.65. The highest BCUT2D eigenvalue weighted by Crippen LogP contribution is 2.36. The molecule has 1 aromatic rings. The summed E-state index contributed by atoms with van der Waals surface area (Å²) in [6.45, 7) is 6.83. The normalized spacial score (nSPS) is 21.1. The monoisotopic (exact) mass is 204 g/mol. The lowest BCUT2D eigenvalue weighted by molar-refractivity contribution is -0.117. The summed E-state index contributed by atoms with van der Waals surface area (Å²) in [6.07, 6.45) is 0.658. The Balaban J connectivity index is 2.50. The number of rotatable bonds is 1. The number of hydrogen-bond donors (Lipinski definition) is 0. The highest BCUT2D eigenvalue weighted by molar-refractivity contribution is 6.80. The van der Waals surface area contributed by atoms with Gasteiger partial charge in [-0.05, 0) is 11.1 Å². The van der Waals surface area contributed by atoms with Crippen molar-refractivity contribution in [1.82, 2.24) is 0 Å². The topological polar surface area (TPSA) is 17.1 Å². The summed E-state index contributed by atoms with van der Waals surface area (Å²) < 4.78 is 0. The zero-order valence-corrected chi connectivity index (χ0v) is 10.0. The Hall–Kier alpha value is -0.893. The molecule has 1 unspecified atom stereocenters. The zero-order chi connectivity index (χ0) is 10.3. The lowest BCUT2D eigenvalue weighted by atomic mass is 10.1. The summed E-state index contributed by atoms with van der Waals surface area (Å²) in [5, 5.41) is 0. The van der Waals surface area contributed by atoms with Gasteiger partial charge in [-0.25, -0.2) is 0 Å². The van der Waals surface area contributed by atoms with E-state index in [4.69, 9.17) is 0 Å². The SMILES string of the molecule is C[Si](C)(C)C1C(=O)Cc2ccccc21. The Bertz CT molecular complexity index is 376. The van der Waals surface area contributed by atoms with E-state index in [1.165, 1.54) is 11.1 Å². The molecule has 0 heterocycles. The Morgan fingerprint density at radius 1 is 1.21 bits per heavy atom. The second-order valence-corrected chi connectivity index (χ2v) is 10.5. The maximum atomic E-state index is 11.9. The van der Waals surface area contributed by atoms with Crippen LogP contribution in [0.1, 0.15) is 16.7 Å². The van der Waals surface area contributed by atoms with Crippen LogP contribution in [0.25, 0.3) is 0 Å². The average Bonchev–Trinajstić information content (AvgIpc) is 2.38. The van der Waals surface area contributed by atoms with Crippen LogP contribution in [0.4, 0.5) is 0 Å². The van der Waals surface area contributed by atoms with Gasteiger partial charge in [0.05, 0.1) is 8.07 Å². The standard InChI is InChI=1S/C12H16OSi/c1-14(2,3)12-10-7-5-4-6-9(10)8-11(12)13/h4-7,12H,8H2,1-3H3. The smallest absolute Gasteiger partial charge is 0.141 e. The lowest BCUT2D eigenvalue weighted by Gasteiger charge is -2.24. The van der Waals surface area contributed by atoms with Crippen LogP contribution >= 0.6 is 0 Å². The van der Waals surface area contributed by atoms with E-state index in [0.29, 0.717) is 12.2 Å². The summed E-state index contributed by atoms with van der Waals surface area (Å²) >= 11 is 0. The molecule has 2 rings (SSSR count). The molecule has 1 aromatic carbocycles. The summed E-state index contributed by atoms with van der Waals surface area (Å²) in [5.41, 5.74) is 2.79. The van der Waals surface area contributed by atoms with Crippen molar-refractivity contribution < 1.29 is 4.79 Å². The van der Waals surface area contributed by atoms with Crippen molar-refractivity contribution in [3.63, 3.8) is 0 Å². The van der Waals surface area contributed by atoms with E-state index < -0.39 is 8.07 Å². The van der Waals surface area contributed by atoms with Gasteiger partial charge < -0.3 is 0 Å². The van der Waals surface area contributed by atoms with Crippen LogP contribution in [0, 0.1) is 0 Å². The number of carbonyl (C=O) groups excluding carboxylic acids is 1. The first-order chi connectivity index (χ1) is 6.50. The first-order valence-electron chi connectivity index (χ1n) is 5.10. The lowest BCUT2D eigenvalue weighted by Crippen LogP contribution is -2.34. The largest absolute Gasteiger partial charge is 0.299 e. The third-order valence-corrected chi connectivity index (χ3v) is 5.28. The van der Waals surface area contributed by atoms with Gasteiger partial charge in [-0.1, -0.05) is 43.9 Å². The van der Waals surface area contributed by atoms with Gasteiger partial charge in [-0.15, -0.1) is 0 Å². The molecule has 1 atom stereocenters. The molecule has 0 N–H and O–H groups in total. The minimum absolute atomic E-state index is 0.235. The molecule has 2 heteroatoms. The van der Waals surface area contributed by atoms with Gasteiger partial charge in [0.2, 0.25) is 0 Å². The highest BCUT2D eigenvalue weighted by Gasteiger charge is 2.39. The second-order valence-electron chi connectivity index (χ2n) is 5.14. The van der Waals surface area contributed by atoms with Gasteiger partial charge in [0, 0.05) is 12.0 Å². The van der Waals surface area contributed by atoms with E-state index in [1.807, 2.05) is 12.1 Å². The number of fused-ring (bicyclic) bond motifs is 1. The molecule has 0 saturated carbocycles. The molecule has 1 aliphatic rings. The molecule has 0 spiro atoms. The van der Waals surface area contributed by atoms with E-state index in [0.717, 1.165) is 0 Å². The second kappa shape index (κ2) is 3.06. The van der Waals surface area contributed by atoms with Gasteiger partial charge in [-0.2, -0.15) is 0 Å². The third-order valence-electron chi connectivity index (χ3n) is 2.92. The van der Waals surface area contributed by atoms with E-state index in [2.05, 4.69) is 31.8 Å². The van der Waals surface area contributed by atoms with E-state index in [1.54, 1.807) is 0 Å². The van der Waals surface area contributed by atoms with Crippen molar-refractivity contribution in [2.24, 2.45) is 0 Å². The van der Waals surface area contributed by atoms with Gasteiger partial charge in [-0.3, -0.25) is 4.79 Å². The van der Waals surface area contributed by atoms with Crippen molar-refractivity contribution in [3.8, 4) is 0 Å². The number of benzene rings is 1. The van der Waals surface area contributed by atoms with Crippen LogP contribution in [0.2, 0.25) is 19.6 Å². The molecule has 74 valence electrons. The molecule has 1 aliphatic carbocycles. The average molecular weight is 204 g/mol. The van der Waals surface area contributed by atoms with Crippen LogP contribution in [-0.4, -0.2) is 13.9 Å². The summed E-state index contributed by atoms with van der Waals surface area (Å²) in [5.74, 6) is 0.436. The molecule has 0 fully saturated rings. The van der Waals surface area contributed by atoms with Crippen molar-refractivity contribution in [2.45, 2.75) is 31.6 Å². The highest BCUT2D eigenvalue weighted by atomic mass is 28.3. The van der Waals surface area contributed by atoms with Crippen molar-refractivity contribution in [2.75, 3.05) is 0 Å². The predicted molar refractivity (Wildman–Crippen MR) is 61.2 cm³/mol. The van der Waals surface area contributed by atoms with Gasteiger partial charge >= 0.3 is 0 Å². The van der Waals surface area contributed by atoms with Crippen molar-refractivity contribution in [3.05, 3.63) is 35.4 Å². The Kier molecular flexibility index (Phi) is 2.11. The Morgan fingerprint density at radius 2 is 1.86 bits per heavy atom.